The van der Waals surface area contributed by atoms with Crippen LogP contribution in [0.2, 0.25) is 0 Å². The third-order valence-corrected chi connectivity index (χ3v) is 2.99. The van der Waals surface area contributed by atoms with Gasteiger partial charge >= 0.3 is 0 Å². The van der Waals surface area contributed by atoms with Crippen molar-refractivity contribution in [1.82, 2.24) is 0 Å². The molecule has 0 saturated heterocycles. The maximum atomic E-state index is 11.0. The number of hydrogen-bond acceptors (Lipinski definition) is 2. The summed E-state index contributed by atoms with van der Waals surface area (Å²) in [5.74, 6) is 0. The van der Waals surface area contributed by atoms with Crippen LogP contribution in [0.25, 0.3) is 0 Å². The van der Waals surface area contributed by atoms with Gasteiger partial charge < -0.3 is 0 Å². The molecular weight excluding hydrogens is 271 g/mol. The first-order chi connectivity index (χ1) is 8.58. The molecule has 0 aliphatic heterocycles. The number of nitrogens with zero attached hydrogens (tertiary/aromatic N) is 2. The fourth-order valence-corrected chi connectivity index (χ4v) is 1.37. The quantitative estimate of drug-likeness (QED) is 0.458. The van der Waals surface area contributed by atoms with Crippen LogP contribution in [0.4, 0.5) is 5.69 Å². The average molecular weight is 285 g/mol. The summed E-state index contributed by atoms with van der Waals surface area (Å²) < 4.78 is 0. The molecule has 0 spiro atoms. The van der Waals surface area contributed by atoms with E-state index in [0.717, 1.165) is 12.0 Å². The molecule has 0 fully saturated rings. The van der Waals surface area contributed by atoms with Crippen LogP contribution in [-0.2, 0) is 11.2 Å². The summed E-state index contributed by atoms with van der Waals surface area (Å²) in [6, 6.07) is 7.57. The first-order valence-corrected chi connectivity index (χ1v) is 6.23. The van der Waals surface area contributed by atoms with Crippen molar-refractivity contribution in [1.29, 1.82) is 0 Å². The molecule has 1 rings (SSSR count). The highest BCUT2D eigenvalue weighted by Crippen LogP contribution is 2.16. The predicted molar refractivity (Wildman–Crippen MR) is 77.3 cm³/mol. The summed E-state index contributed by atoms with van der Waals surface area (Å²) in [4.78, 5) is 11.0. The number of hydrogen-bond donors (Lipinski definition) is 0. The monoisotopic (exact) mass is 284 g/mol. The minimum Gasteiger partial charge on any atom is -0.276 e. The summed E-state index contributed by atoms with van der Waals surface area (Å²) >= 11 is 11.5. The van der Waals surface area contributed by atoms with E-state index in [2.05, 4.69) is 5.10 Å². The molecule has 1 aromatic rings. The van der Waals surface area contributed by atoms with Crippen LogP contribution in [0.15, 0.2) is 39.4 Å². The number of amides is 1. The van der Waals surface area contributed by atoms with Crippen LogP contribution in [0.5, 0.6) is 0 Å². The molecular formula is C13H14Cl2N2O. The summed E-state index contributed by atoms with van der Waals surface area (Å²) in [7, 11) is 0. The number of allylic oxidation sites excluding steroid dienone is 2. The summed E-state index contributed by atoms with van der Waals surface area (Å²) in [5.41, 5.74) is 1.82. The van der Waals surface area contributed by atoms with E-state index in [1.807, 2.05) is 25.1 Å². The highest BCUT2D eigenvalue weighted by atomic mass is 35.5. The molecule has 0 bridgehead atoms. The van der Waals surface area contributed by atoms with Crippen molar-refractivity contribution < 1.29 is 4.79 Å². The van der Waals surface area contributed by atoms with Gasteiger partial charge in [-0.25, -0.2) is 5.01 Å². The second-order valence-corrected chi connectivity index (χ2v) is 4.57. The minimum absolute atomic E-state index is 0.301. The molecule has 0 aliphatic rings. The van der Waals surface area contributed by atoms with Crippen LogP contribution in [0.1, 0.15) is 19.4 Å². The van der Waals surface area contributed by atoms with E-state index in [0.29, 0.717) is 22.2 Å². The second-order valence-electron chi connectivity index (χ2n) is 3.60. The molecule has 0 aliphatic carbocycles. The second kappa shape index (κ2) is 7.19. The lowest BCUT2D eigenvalue weighted by molar-refractivity contribution is -0.107. The SMILES string of the molecule is CCc1cccc(N(C=O)/N=C\C(Cl)=C(/C)Cl)c1. The van der Waals surface area contributed by atoms with Crippen molar-refractivity contribution in [2.45, 2.75) is 20.3 Å². The van der Waals surface area contributed by atoms with E-state index >= 15 is 0 Å². The van der Waals surface area contributed by atoms with Gasteiger partial charge in [-0.2, -0.15) is 5.10 Å². The van der Waals surface area contributed by atoms with Gasteiger partial charge in [0, 0.05) is 5.03 Å². The van der Waals surface area contributed by atoms with E-state index in [4.69, 9.17) is 23.2 Å². The first kappa shape index (κ1) is 14.7. The topological polar surface area (TPSA) is 32.7 Å². The maximum absolute atomic E-state index is 11.0. The van der Waals surface area contributed by atoms with Gasteiger partial charge in [-0.1, -0.05) is 42.3 Å². The van der Waals surface area contributed by atoms with Gasteiger partial charge in [0.1, 0.15) is 0 Å². The molecule has 0 saturated carbocycles. The van der Waals surface area contributed by atoms with E-state index in [-0.39, 0.29) is 0 Å². The van der Waals surface area contributed by atoms with Crippen molar-refractivity contribution in [3.63, 3.8) is 0 Å². The van der Waals surface area contributed by atoms with Crippen molar-refractivity contribution in [3.8, 4) is 0 Å². The lowest BCUT2D eigenvalue weighted by atomic mass is 10.1. The summed E-state index contributed by atoms with van der Waals surface area (Å²) in [6.45, 7) is 3.70. The Morgan fingerprint density at radius 2 is 2.17 bits per heavy atom. The van der Waals surface area contributed by atoms with Crippen molar-refractivity contribution in [3.05, 3.63) is 39.9 Å². The molecule has 1 amide bonds. The van der Waals surface area contributed by atoms with E-state index in [1.54, 1.807) is 13.0 Å². The van der Waals surface area contributed by atoms with Crippen LogP contribution < -0.4 is 5.01 Å². The van der Waals surface area contributed by atoms with Gasteiger partial charge in [0.05, 0.1) is 16.9 Å². The average Bonchev–Trinajstić information content (AvgIpc) is 2.39. The molecule has 0 heterocycles. The summed E-state index contributed by atoms with van der Waals surface area (Å²) in [5, 5.41) is 5.91. The molecule has 0 unspecified atom stereocenters. The van der Waals surface area contributed by atoms with E-state index < -0.39 is 0 Å². The fourth-order valence-electron chi connectivity index (χ4n) is 1.28. The van der Waals surface area contributed by atoms with Crippen LogP contribution in [0.3, 0.4) is 0 Å². The van der Waals surface area contributed by atoms with Gasteiger partial charge in [-0.3, -0.25) is 4.79 Å². The molecule has 0 atom stereocenters. The number of benzene rings is 1. The molecule has 1 aromatic carbocycles. The van der Waals surface area contributed by atoms with E-state index in [9.17, 15) is 4.79 Å². The van der Waals surface area contributed by atoms with Crippen molar-refractivity contribution >= 4 is 41.5 Å². The fraction of sp³-hybridized carbons (Fsp3) is 0.231. The number of anilines is 1. The Balaban J connectivity index is 2.96. The number of aryl methyl sites for hydroxylation is 1. The molecule has 0 radical (unpaired) electrons. The predicted octanol–water partition coefficient (Wildman–Crippen LogP) is 3.91. The molecule has 18 heavy (non-hydrogen) atoms. The highest BCUT2D eigenvalue weighted by Gasteiger charge is 2.03. The Hall–Kier alpha value is -1.32. The largest absolute Gasteiger partial charge is 0.276 e. The van der Waals surface area contributed by atoms with Crippen LogP contribution >= 0.6 is 23.2 Å². The van der Waals surface area contributed by atoms with Gasteiger partial charge in [-0.05, 0) is 31.0 Å². The number of carbonyl (C=O) groups excluding carboxylic acids is 1. The van der Waals surface area contributed by atoms with Gasteiger partial charge in [0.2, 0.25) is 6.41 Å². The highest BCUT2D eigenvalue weighted by molar-refractivity contribution is 6.45. The normalized spacial score (nSPS) is 12.4. The third-order valence-electron chi connectivity index (χ3n) is 2.31. The van der Waals surface area contributed by atoms with Gasteiger partial charge in [0.15, 0.2) is 0 Å². The minimum atomic E-state index is 0.301. The van der Waals surface area contributed by atoms with Gasteiger partial charge in [-0.15, -0.1) is 0 Å². The van der Waals surface area contributed by atoms with E-state index in [1.165, 1.54) is 11.2 Å². The zero-order valence-electron chi connectivity index (χ0n) is 10.2. The number of rotatable bonds is 5. The standard InChI is InChI=1S/C13H14Cl2N2O/c1-3-11-5-4-6-12(7-11)17(9-18)16-8-13(15)10(2)14/h4-9H,3H2,1-2H3/b13-10-,16-8-. The summed E-state index contributed by atoms with van der Waals surface area (Å²) in [6.07, 6.45) is 2.86. The van der Waals surface area contributed by atoms with Gasteiger partial charge in [0.25, 0.3) is 0 Å². The number of carbonyl (C=O) groups is 1. The zero-order chi connectivity index (χ0) is 13.5. The lowest BCUT2D eigenvalue weighted by Gasteiger charge is -2.11. The van der Waals surface area contributed by atoms with Crippen LogP contribution in [-0.4, -0.2) is 12.6 Å². The third kappa shape index (κ3) is 4.17. The smallest absolute Gasteiger partial charge is 0.234 e. The number of hydrazone groups is 1. The van der Waals surface area contributed by atoms with Crippen molar-refractivity contribution in [2.75, 3.05) is 5.01 Å². The Kier molecular flexibility index (Phi) is 5.89. The molecule has 96 valence electrons. The Bertz CT molecular complexity index is 480. The molecule has 3 nitrogen and oxygen atoms in total. The molecule has 0 N–H and O–H groups in total. The first-order valence-electron chi connectivity index (χ1n) is 5.47. The molecule has 5 heteroatoms. The number of halogens is 2. The Morgan fingerprint density at radius 3 is 2.72 bits per heavy atom. The maximum Gasteiger partial charge on any atom is 0.234 e. The Morgan fingerprint density at radius 1 is 1.44 bits per heavy atom. The Labute approximate surface area is 117 Å². The van der Waals surface area contributed by atoms with Crippen LogP contribution in [0, 0.1) is 0 Å². The molecule has 0 aromatic heterocycles. The zero-order valence-corrected chi connectivity index (χ0v) is 11.7. The lowest BCUT2D eigenvalue weighted by Crippen LogP contribution is -2.13. The van der Waals surface area contributed by atoms with Crippen molar-refractivity contribution in [2.24, 2.45) is 5.10 Å².